The van der Waals surface area contributed by atoms with Crippen molar-refractivity contribution in [3.63, 3.8) is 0 Å². The first-order chi connectivity index (χ1) is 14.8. The van der Waals surface area contributed by atoms with Crippen LogP contribution in [0.4, 0.5) is 0 Å². The molecule has 1 N–H and O–H groups in total. The van der Waals surface area contributed by atoms with Crippen LogP contribution in [0, 0.1) is 6.92 Å². The molecule has 0 radical (unpaired) electrons. The molecular formula is C25H23N3O2. The minimum atomic E-state index is 0.296. The SMILES string of the molecule is Cc1ccccc1-c1nn(-c2ccccc2)cc1CNCc1ccc2c(c1)OCO2. The van der Waals surface area contributed by atoms with Crippen molar-refractivity contribution >= 4 is 0 Å². The van der Waals surface area contributed by atoms with Gasteiger partial charge >= 0.3 is 0 Å². The van der Waals surface area contributed by atoms with Crippen LogP contribution in [0.15, 0.2) is 79.0 Å². The topological polar surface area (TPSA) is 48.3 Å². The molecule has 1 aliphatic heterocycles. The van der Waals surface area contributed by atoms with Crippen molar-refractivity contribution in [3.05, 3.63) is 95.7 Å². The zero-order valence-electron chi connectivity index (χ0n) is 16.8. The highest BCUT2D eigenvalue weighted by Gasteiger charge is 2.15. The maximum Gasteiger partial charge on any atom is 0.231 e. The van der Waals surface area contributed by atoms with Crippen LogP contribution in [0.3, 0.4) is 0 Å². The fraction of sp³-hybridized carbons (Fsp3) is 0.160. The number of fused-ring (bicyclic) bond motifs is 1. The maximum absolute atomic E-state index is 5.48. The molecular weight excluding hydrogens is 374 g/mol. The Morgan fingerprint density at radius 3 is 2.57 bits per heavy atom. The molecule has 0 aliphatic carbocycles. The number of aryl methyl sites for hydroxylation is 1. The monoisotopic (exact) mass is 397 g/mol. The third-order valence-electron chi connectivity index (χ3n) is 5.29. The standard InChI is InChI=1S/C25H23N3O2/c1-18-7-5-6-10-22(18)25-20(16-28(27-25)21-8-3-2-4-9-21)15-26-14-19-11-12-23-24(13-19)30-17-29-23/h2-13,16,26H,14-15,17H2,1H3. The van der Waals surface area contributed by atoms with Crippen LogP contribution in [0.5, 0.6) is 11.5 Å². The zero-order valence-corrected chi connectivity index (χ0v) is 16.8. The molecule has 30 heavy (non-hydrogen) atoms. The summed E-state index contributed by atoms with van der Waals surface area (Å²) in [5.74, 6) is 1.62. The first kappa shape index (κ1) is 18.5. The van der Waals surface area contributed by atoms with Gasteiger partial charge in [-0.15, -0.1) is 0 Å². The Labute approximate surface area is 175 Å². The number of hydrogen-bond donors (Lipinski definition) is 1. The molecule has 5 heteroatoms. The number of rotatable bonds is 6. The van der Waals surface area contributed by atoms with Crippen molar-refractivity contribution in [1.82, 2.24) is 15.1 Å². The van der Waals surface area contributed by atoms with Crippen molar-refractivity contribution in [2.45, 2.75) is 20.0 Å². The molecule has 0 saturated heterocycles. The van der Waals surface area contributed by atoms with Gasteiger partial charge in [-0.2, -0.15) is 5.10 Å². The summed E-state index contributed by atoms with van der Waals surface area (Å²) in [6.45, 7) is 3.87. The lowest BCUT2D eigenvalue weighted by Crippen LogP contribution is -2.13. The lowest BCUT2D eigenvalue weighted by Gasteiger charge is -2.08. The average molecular weight is 397 g/mol. The minimum Gasteiger partial charge on any atom is -0.454 e. The number of ether oxygens (including phenoxy) is 2. The van der Waals surface area contributed by atoms with Crippen LogP contribution < -0.4 is 14.8 Å². The fourth-order valence-corrected chi connectivity index (χ4v) is 3.71. The Bertz CT molecular complexity index is 1170. The minimum absolute atomic E-state index is 0.296. The Balaban J connectivity index is 1.40. The van der Waals surface area contributed by atoms with Gasteiger partial charge in [-0.25, -0.2) is 4.68 Å². The van der Waals surface area contributed by atoms with Gasteiger partial charge < -0.3 is 14.8 Å². The molecule has 3 aromatic carbocycles. The summed E-state index contributed by atoms with van der Waals surface area (Å²) in [7, 11) is 0. The summed E-state index contributed by atoms with van der Waals surface area (Å²) in [5, 5.41) is 8.48. The van der Waals surface area contributed by atoms with Gasteiger partial charge in [0.25, 0.3) is 0 Å². The molecule has 0 saturated carbocycles. The smallest absolute Gasteiger partial charge is 0.231 e. The van der Waals surface area contributed by atoms with E-state index >= 15 is 0 Å². The van der Waals surface area contributed by atoms with Gasteiger partial charge in [0.15, 0.2) is 11.5 Å². The second-order valence-corrected chi connectivity index (χ2v) is 7.39. The summed E-state index contributed by atoms with van der Waals surface area (Å²) >= 11 is 0. The third-order valence-corrected chi connectivity index (χ3v) is 5.29. The highest BCUT2D eigenvalue weighted by Crippen LogP contribution is 2.32. The van der Waals surface area contributed by atoms with Gasteiger partial charge in [0.1, 0.15) is 0 Å². The van der Waals surface area contributed by atoms with Crippen molar-refractivity contribution in [3.8, 4) is 28.4 Å². The van der Waals surface area contributed by atoms with Gasteiger partial charge in [-0.3, -0.25) is 0 Å². The van der Waals surface area contributed by atoms with E-state index in [1.807, 2.05) is 35.0 Å². The van der Waals surface area contributed by atoms with Crippen LogP contribution >= 0.6 is 0 Å². The van der Waals surface area contributed by atoms with Crippen LogP contribution in [0.2, 0.25) is 0 Å². The lowest BCUT2D eigenvalue weighted by atomic mass is 10.0. The van der Waals surface area contributed by atoms with E-state index in [4.69, 9.17) is 14.6 Å². The highest BCUT2D eigenvalue weighted by atomic mass is 16.7. The number of hydrogen-bond acceptors (Lipinski definition) is 4. The largest absolute Gasteiger partial charge is 0.454 e. The lowest BCUT2D eigenvalue weighted by molar-refractivity contribution is 0.174. The molecule has 0 amide bonds. The molecule has 0 atom stereocenters. The van der Waals surface area contributed by atoms with Gasteiger partial charge in [-0.1, -0.05) is 48.5 Å². The maximum atomic E-state index is 5.48. The molecule has 5 nitrogen and oxygen atoms in total. The van der Waals surface area contributed by atoms with Crippen molar-refractivity contribution in [1.29, 1.82) is 0 Å². The van der Waals surface area contributed by atoms with E-state index in [2.05, 4.69) is 60.9 Å². The van der Waals surface area contributed by atoms with Gasteiger partial charge in [0, 0.05) is 30.4 Å². The molecule has 0 unspecified atom stereocenters. The normalized spacial score (nSPS) is 12.3. The predicted molar refractivity (Wildman–Crippen MR) is 117 cm³/mol. The molecule has 0 fully saturated rings. The number of nitrogens with one attached hydrogen (secondary N) is 1. The summed E-state index contributed by atoms with van der Waals surface area (Å²) < 4.78 is 12.8. The zero-order chi connectivity index (χ0) is 20.3. The Morgan fingerprint density at radius 1 is 0.900 bits per heavy atom. The number of nitrogens with zero attached hydrogens (tertiary/aromatic N) is 2. The first-order valence-electron chi connectivity index (χ1n) is 10.1. The molecule has 0 bridgehead atoms. The summed E-state index contributed by atoms with van der Waals surface area (Å²) in [4.78, 5) is 0. The Kier molecular flexibility index (Phi) is 4.95. The second-order valence-electron chi connectivity index (χ2n) is 7.39. The van der Waals surface area contributed by atoms with E-state index in [0.717, 1.165) is 46.1 Å². The molecule has 4 aromatic rings. The summed E-state index contributed by atoms with van der Waals surface area (Å²) in [6.07, 6.45) is 2.11. The first-order valence-corrected chi connectivity index (χ1v) is 10.1. The summed E-state index contributed by atoms with van der Waals surface area (Å²) in [6, 6.07) is 24.7. The van der Waals surface area contributed by atoms with Crippen LogP contribution in [0.1, 0.15) is 16.7 Å². The van der Waals surface area contributed by atoms with Crippen LogP contribution in [-0.4, -0.2) is 16.6 Å². The fourth-order valence-electron chi connectivity index (χ4n) is 3.71. The van der Waals surface area contributed by atoms with Crippen molar-refractivity contribution in [2.75, 3.05) is 6.79 Å². The van der Waals surface area contributed by atoms with Gasteiger partial charge in [-0.05, 0) is 42.3 Å². The van der Waals surface area contributed by atoms with Crippen molar-refractivity contribution < 1.29 is 9.47 Å². The molecule has 1 aromatic heterocycles. The quantitative estimate of drug-likeness (QED) is 0.504. The Morgan fingerprint density at radius 2 is 1.70 bits per heavy atom. The number of aromatic nitrogens is 2. The van der Waals surface area contributed by atoms with E-state index in [1.165, 1.54) is 5.56 Å². The van der Waals surface area contributed by atoms with E-state index in [9.17, 15) is 0 Å². The van der Waals surface area contributed by atoms with E-state index in [-0.39, 0.29) is 0 Å². The van der Waals surface area contributed by atoms with Crippen LogP contribution in [-0.2, 0) is 13.1 Å². The van der Waals surface area contributed by atoms with Gasteiger partial charge in [0.05, 0.1) is 11.4 Å². The van der Waals surface area contributed by atoms with E-state index < -0.39 is 0 Å². The summed E-state index contributed by atoms with van der Waals surface area (Å²) in [5.41, 5.74) is 6.76. The molecule has 5 rings (SSSR count). The molecule has 1 aliphatic rings. The number of benzene rings is 3. The molecule has 0 spiro atoms. The number of para-hydroxylation sites is 1. The highest BCUT2D eigenvalue weighted by molar-refractivity contribution is 5.66. The van der Waals surface area contributed by atoms with Gasteiger partial charge in [0.2, 0.25) is 6.79 Å². The molecule has 2 heterocycles. The van der Waals surface area contributed by atoms with E-state index in [1.54, 1.807) is 0 Å². The molecule has 150 valence electrons. The van der Waals surface area contributed by atoms with Crippen molar-refractivity contribution in [2.24, 2.45) is 0 Å². The third kappa shape index (κ3) is 3.67. The van der Waals surface area contributed by atoms with Crippen LogP contribution in [0.25, 0.3) is 16.9 Å². The second kappa shape index (κ2) is 8.05. The average Bonchev–Trinajstić information content (AvgIpc) is 3.42. The Hall–Kier alpha value is -3.57. The van der Waals surface area contributed by atoms with E-state index in [0.29, 0.717) is 13.3 Å². The predicted octanol–water partition coefficient (Wildman–Crippen LogP) is 4.87.